The Bertz CT molecular complexity index is 909. The fourth-order valence-corrected chi connectivity index (χ4v) is 3.80. The zero-order valence-electron chi connectivity index (χ0n) is 16.1. The predicted octanol–water partition coefficient (Wildman–Crippen LogP) is 4.18. The van der Waals surface area contributed by atoms with E-state index >= 15 is 0 Å². The number of hydrogen-bond donors (Lipinski definition) is 0. The number of aryl methyl sites for hydroxylation is 1. The van der Waals surface area contributed by atoms with Gasteiger partial charge in [-0.25, -0.2) is 14.4 Å². The van der Waals surface area contributed by atoms with E-state index in [0.717, 1.165) is 49.7 Å². The summed E-state index contributed by atoms with van der Waals surface area (Å²) < 4.78 is 20.8. The molecule has 1 saturated heterocycles. The van der Waals surface area contributed by atoms with E-state index in [9.17, 15) is 4.39 Å². The lowest BCUT2D eigenvalue weighted by Crippen LogP contribution is -2.28. The minimum Gasteiger partial charge on any atom is -0.492 e. The number of pyridine rings is 1. The van der Waals surface area contributed by atoms with Crippen molar-refractivity contribution in [2.45, 2.75) is 32.2 Å². The molecule has 0 amide bonds. The third-order valence-electron chi connectivity index (χ3n) is 5.20. The lowest BCUT2D eigenvalue weighted by atomic mass is 10.1. The number of hydrogen-bond acceptors (Lipinski definition) is 4. The molecule has 146 valence electrons. The summed E-state index contributed by atoms with van der Waals surface area (Å²) in [6.45, 7) is 4.53. The van der Waals surface area contributed by atoms with Crippen molar-refractivity contribution in [1.82, 2.24) is 19.4 Å². The van der Waals surface area contributed by atoms with Gasteiger partial charge in [0.25, 0.3) is 0 Å². The lowest BCUT2D eigenvalue weighted by Gasteiger charge is -2.24. The number of nitrogens with zero attached hydrogens (tertiary/aromatic N) is 4. The summed E-state index contributed by atoms with van der Waals surface area (Å²) in [5.41, 5.74) is 1.09. The van der Waals surface area contributed by atoms with Crippen molar-refractivity contribution in [3.8, 4) is 11.6 Å². The minimum atomic E-state index is -0.248. The van der Waals surface area contributed by atoms with Gasteiger partial charge in [-0.05, 0) is 55.8 Å². The van der Waals surface area contributed by atoms with Gasteiger partial charge in [0.15, 0.2) is 0 Å². The first-order valence-corrected chi connectivity index (χ1v) is 9.86. The van der Waals surface area contributed by atoms with Crippen LogP contribution in [-0.2, 0) is 6.42 Å². The van der Waals surface area contributed by atoms with Crippen LogP contribution in [0.5, 0.6) is 5.75 Å². The molecule has 1 aromatic carbocycles. The highest BCUT2D eigenvalue weighted by molar-refractivity contribution is 5.28. The molecule has 0 unspecified atom stereocenters. The predicted molar refractivity (Wildman–Crippen MR) is 106 cm³/mol. The highest BCUT2D eigenvalue weighted by atomic mass is 19.1. The monoisotopic (exact) mass is 380 g/mol. The molecule has 0 spiro atoms. The number of aromatic nitrogens is 3. The second-order valence-electron chi connectivity index (χ2n) is 6.98. The maximum absolute atomic E-state index is 13.0. The summed E-state index contributed by atoms with van der Waals surface area (Å²) in [6.07, 6.45) is 6.90. The van der Waals surface area contributed by atoms with Crippen molar-refractivity contribution < 1.29 is 9.13 Å². The molecule has 0 N–H and O–H groups in total. The fourth-order valence-electron chi connectivity index (χ4n) is 3.80. The van der Waals surface area contributed by atoms with Crippen LogP contribution in [0.15, 0.2) is 54.9 Å². The van der Waals surface area contributed by atoms with E-state index in [4.69, 9.17) is 9.72 Å². The molecule has 2 aromatic heterocycles. The molecule has 1 atom stereocenters. The lowest BCUT2D eigenvalue weighted by molar-refractivity contribution is 0.195. The highest BCUT2D eigenvalue weighted by Crippen LogP contribution is 2.31. The molecule has 0 aliphatic carbocycles. The average molecular weight is 380 g/mol. The van der Waals surface area contributed by atoms with Crippen LogP contribution in [0, 0.1) is 5.82 Å². The van der Waals surface area contributed by atoms with E-state index in [1.54, 1.807) is 12.1 Å². The Labute approximate surface area is 164 Å². The average Bonchev–Trinajstić information content (AvgIpc) is 3.39. The van der Waals surface area contributed by atoms with E-state index in [1.807, 2.05) is 18.5 Å². The van der Waals surface area contributed by atoms with Gasteiger partial charge in [0.2, 0.25) is 0 Å². The van der Waals surface area contributed by atoms with Crippen LogP contribution < -0.4 is 4.74 Å². The molecule has 1 aliphatic rings. The van der Waals surface area contributed by atoms with Crippen molar-refractivity contribution in [2.75, 3.05) is 19.7 Å². The molecule has 3 heterocycles. The number of halogens is 1. The quantitative estimate of drug-likeness (QED) is 0.617. The van der Waals surface area contributed by atoms with Crippen LogP contribution in [-0.4, -0.2) is 39.1 Å². The Morgan fingerprint density at radius 2 is 2.04 bits per heavy atom. The summed E-state index contributed by atoms with van der Waals surface area (Å²) in [5, 5.41) is 0. The first kappa shape index (κ1) is 18.6. The van der Waals surface area contributed by atoms with Crippen molar-refractivity contribution in [2.24, 2.45) is 0 Å². The standard InChI is InChI=1S/C22H25FN4O/c1-2-21-24-12-14-27(21)22-7-3-5-19(25-22)20-6-4-13-26(20)15-16-28-18-10-8-17(23)9-11-18/h3,5,7-12,14,20H,2,4,6,13,15-16H2,1H3/t20-/m0/s1. The molecule has 4 rings (SSSR count). The number of imidazole rings is 1. The van der Waals surface area contributed by atoms with Crippen molar-refractivity contribution in [3.63, 3.8) is 0 Å². The van der Waals surface area contributed by atoms with Crippen LogP contribution in [0.1, 0.15) is 37.3 Å². The molecular weight excluding hydrogens is 355 g/mol. The Morgan fingerprint density at radius 1 is 1.18 bits per heavy atom. The van der Waals surface area contributed by atoms with E-state index < -0.39 is 0 Å². The van der Waals surface area contributed by atoms with Gasteiger partial charge in [-0.3, -0.25) is 9.47 Å². The zero-order valence-corrected chi connectivity index (χ0v) is 16.1. The van der Waals surface area contributed by atoms with E-state index in [2.05, 4.69) is 33.5 Å². The molecule has 0 bridgehead atoms. The van der Waals surface area contributed by atoms with Gasteiger partial charge in [0, 0.05) is 25.4 Å². The molecule has 1 fully saturated rings. The Kier molecular flexibility index (Phi) is 5.67. The van der Waals surface area contributed by atoms with Gasteiger partial charge in [-0.1, -0.05) is 13.0 Å². The highest BCUT2D eigenvalue weighted by Gasteiger charge is 2.27. The van der Waals surface area contributed by atoms with Crippen molar-refractivity contribution in [3.05, 3.63) is 72.2 Å². The normalized spacial score (nSPS) is 17.1. The van der Waals surface area contributed by atoms with Crippen LogP contribution in [0.3, 0.4) is 0 Å². The van der Waals surface area contributed by atoms with E-state index in [1.165, 1.54) is 12.1 Å². The largest absolute Gasteiger partial charge is 0.492 e. The maximum Gasteiger partial charge on any atom is 0.138 e. The smallest absolute Gasteiger partial charge is 0.138 e. The second kappa shape index (κ2) is 8.52. The zero-order chi connectivity index (χ0) is 19.3. The van der Waals surface area contributed by atoms with Crippen molar-refractivity contribution >= 4 is 0 Å². The Balaban J connectivity index is 1.43. The van der Waals surface area contributed by atoms with Crippen LogP contribution in [0.2, 0.25) is 0 Å². The molecule has 28 heavy (non-hydrogen) atoms. The summed E-state index contributed by atoms with van der Waals surface area (Å²) in [4.78, 5) is 11.8. The Hall–Kier alpha value is -2.73. The van der Waals surface area contributed by atoms with Crippen LogP contribution in [0.4, 0.5) is 4.39 Å². The molecule has 0 radical (unpaired) electrons. The fraction of sp³-hybridized carbons (Fsp3) is 0.364. The molecule has 3 aromatic rings. The minimum absolute atomic E-state index is 0.248. The topological polar surface area (TPSA) is 43.2 Å². The third-order valence-corrected chi connectivity index (χ3v) is 5.20. The second-order valence-corrected chi connectivity index (χ2v) is 6.98. The SMILES string of the molecule is CCc1nccn1-c1cccc([C@@H]2CCCN2CCOc2ccc(F)cc2)n1. The van der Waals surface area contributed by atoms with E-state index in [-0.39, 0.29) is 5.82 Å². The molecule has 6 heteroatoms. The first-order valence-electron chi connectivity index (χ1n) is 9.86. The summed E-state index contributed by atoms with van der Waals surface area (Å²) in [5.74, 6) is 2.38. The Morgan fingerprint density at radius 3 is 2.86 bits per heavy atom. The van der Waals surface area contributed by atoms with Gasteiger partial charge >= 0.3 is 0 Å². The molecule has 0 saturated carbocycles. The third kappa shape index (κ3) is 4.07. The van der Waals surface area contributed by atoms with Gasteiger partial charge in [0.1, 0.15) is 29.8 Å². The van der Waals surface area contributed by atoms with Gasteiger partial charge in [-0.2, -0.15) is 0 Å². The van der Waals surface area contributed by atoms with Crippen LogP contribution >= 0.6 is 0 Å². The van der Waals surface area contributed by atoms with E-state index in [0.29, 0.717) is 18.4 Å². The van der Waals surface area contributed by atoms with Gasteiger partial charge in [-0.15, -0.1) is 0 Å². The molecule has 5 nitrogen and oxygen atoms in total. The van der Waals surface area contributed by atoms with Gasteiger partial charge < -0.3 is 4.74 Å². The summed E-state index contributed by atoms with van der Waals surface area (Å²) >= 11 is 0. The maximum atomic E-state index is 13.0. The summed E-state index contributed by atoms with van der Waals surface area (Å²) in [6, 6.07) is 12.7. The summed E-state index contributed by atoms with van der Waals surface area (Å²) in [7, 11) is 0. The number of rotatable bonds is 7. The number of benzene rings is 1. The van der Waals surface area contributed by atoms with Crippen molar-refractivity contribution in [1.29, 1.82) is 0 Å². The number of ether oxygens (including phenoxy) is 1. The van der Waals surface area contributed by atoms with Crippen LogP contribution in [0.25, 0.3) is 5.82 Å². The first-order chi connectivity index (χ1) is 13.7. The number of likely N-dealkylation sites (tertiary alicyclic amines) is 1. The van der Waals surface area contributed by atoms with Gasteiger partial charge in [0.05, 0.1) is 11.7 Å². The molecule has 1 aliphatic heterocycles. The molecular formula is C22H25FN4O.